The maximum absolute atomic E-state index is 14.1. The summed E-state index contributed by atoms with van der Waals surface area (Å²) in [6, 6.07) is 5.44. The Morgan fingerprint density at radius 2 is 1.51 bits per heavy atom. The minimum atomic E-state index is -1.11. The highest BCUT2D eigenvalue weighted by atomic mass is 16.5. The lowest BCUT2D eigenvalue weighted by atomic mass is 9.80. The molecule has 5 unspecified atom stereocenters. The van der Waals surface area contributed by atoms with E-state index in [4.69, 9.17) is 10.5 Å². The molecule has 2 aliphatic rings. The number of hydrogen-bond donors (Lipinski definition) is 4. The zero-order chi connectivity index (χ0) is 37.1. The molecule has 1 saturated carbocycles. The smallest absolute Gasteiger partial charge is 0.326 e. The highest BCUT2D eigenvalue weighted by Gasteiger charge is 2.48. The minimum absolute atomic E-state index is 0.0316. The first-order chi connectivity index (χ1) is 22.8. The van der Waals surface area contributed by atoms with Gasteiger partial charge in [-0.1, -0.05) is 105 Å². The van der Waals surface area contributed by atoms with Gasteiger partial charge in [0.2, 0.25) is 17.6 Å². The number of benzene rings is 1. The minimum Gasteiger partial charge on any atom is -0.456 e. The topological polar surface area (TPSA) is 177 Å². The molecule has 1 aromatic rings. The Morgan fingerprint density at radius 3 is 2.00 bits per heavy atom. The second-order valence-electron chi connectivity index (χ2n) is 15.4. The molecule has 0 radical (unpaired) electrons. The number of ether oxygens (including phenoxy) is 1. The van der Waals surface area contributed by atoms with Crippen LogP contribution in [0.3, 0.4) is 0 Å². The van der Waals surface area contributed by atoms with Crippen LogP contribution in [0.5, 0.6) is 0 Å². The number of ketones is 1. The summed E-state index contributed by atoms with van der Waals surface area (Å²) >= 11 is 0. The molecule has 1 heterocycles. The lowest BCUT2D eigenvalue weighted by Crippen LogP contribution is -2.61. The van der Waals surface area contributed by atoms with Crippen LogP contribution in [-0.2, 0) is 28.7 Å². The van der Waals surface area contributed by atoms with Crippen LogP contribution < -0.4 is 21.7 Å². The van der Waals surface area contributed by atoms with Gasteiger partial charge in [-0.25, -0.2) is 4.79 Å². The van der Waals surface area contributed by atoms with Gasteiger partial charge in [0.25, 0.3) is 5.91 Å². The fourth-order valence-corrected chi connectivity index (χ4v) is 6.00. The Bertz CT molecular complexity index is 1290. The summed E-state index contributed by atoms with van der Waals surface area (Å²) in [4.78, 5) is 79.1. The molecule has 12 heteroatoms. The number of nitrogens with two attached hydrogens (primary N) is 1. The lowest BCUT2D eigenvalue weighted by molar-refractivity contribution is -0.147. The van der Waals surface area contributed by atoms with E-state index in [2.05, 4.69) is 36.7 Å². The number of carbonyl (C=O) groups excluding carboxylic acids is 6. The average molecular weight is 686 g/mol. The number of likely N-dealkylation sites (tertiary alicyclic amines) is 1. The van der Waals surface area contributed by atoms with Gasteiger partial charge >= 0.3 is 12.0 Å². The van der Waals surface area contributed by atoms with E-state index < -0.39 is 71.7 Å². The zero-order valence-electron chi connectivity index (χ0n) is 30.8. The lowest BCUT2D eigenvalue weighted by Gasteiger charge is -2.37. The number of nitrogens with one attached hydrogen (secondary N) is 3. The molecule has 5 atom stereocenters. The van der Waals surface area contributed by atoms with Crippen molar-refractivity contribution in [2.75, 3.05) is 13.1 Å². The van der Waals surface area contributed by atoms with Crippen LogP contribution in [0.4, 0.5) is 4.79 Å². The summed E-state index contributed by atoms with van der Waals surface area (Å²) in [5.41, 5.74) is 5.35. The van der Waals surface area contributed by atoms with Crippen LogP contribution in [0, 0.1) is 29.1 Å². The number of hydrogen-bond acceptors (Lipinski definition) is 7. The number of rotatable bonds is 13. The first-order valence-corrected chi connectivity index (χ1v) is 17.6. The van der Waals surface area contributed by atoms with Gasteiger partial charge in [0, 0.05) is 6.54 Å². The normalized spacial score (nSPS) is 19.4. The van der Waals surface area contributed by atoms with E-state index in [0.29, 0.717) is 12.8 Å². The Labute approximate surface area is 292 Å². The third-order valence-corrected chi connectivity index (χ3v) is 8.88. The van der Waals surface area contributed by atoms with E-state index in [-0.39, 0.29) is 24.3 Å². The van der Waals surface area contributed by atoms with Crippen molar-refractivity contribution in [2.45, 2.75) is 119 Å². The van der Waals surface area contributed by atoms with Gasteiger partial charge in [0.15, 0.2) is 0 Å². The molecule has 0 spiro atoms. The third-order valence-electron chi connectivity index (χ3n) is 8.88. The van der Waals surface area contributed by atoms with Crippen LogP contribution in [0.15, 0.2) is 30.3 Å². The Morgan fingerprint density at radius 1 is 0.918 bits per heavy atom. The highest BCUT2D eigenvalue weighted by molar-refractivity contribution is 6.37. The van der Waals surface area contributed by atoms with Gasteiger partial charge < -0.3 is 31.3 Å². The summed E-state index contributed by atoms with van der Waals surface area (Å²) in [7, 11) is 0. The van der Waals surface area contributed by atoms with Crippen molar-refractivity contribution in [1.82, 2.24) is 20.9 Å². The van der Waals surface area contributed by atoms with Gasteiger partial charge in [-0.3, -0.25) is 24.0 Å². The van der Waals surface area contributed by atoms with Crippen molar-refractivity contribution in [1.29, 1.82) is 0 Å². The standard InChI is InChI=1S/C33H49N5O7.C4H10/c1-19(2)23-15-16-38(26(23)30(42)36-24(27(40)29(34)41)17-21-11-10-12-21)31(43)28(33(4,5)6)37-32(44)35-18-25(39)45-20(3)22-13-8-7-9-14-22;1-4(2)3/h7-9,13-14,19-21,23-24,26,28H,10-12,15-18H2,1-6H3,(H2,34,41)(H,36,42)(H2,35,37,44);4H,1-3H3. The van der Waals surface area contributed by atoms with E-state index in [1.807, 2.05) is 44.2 Å². The van der Waals surface area contributed by atoms with E-state index >= 15 is 0 Å². The SMILES string of the molecule is CC(C)C.CC(OC(=O)CNC(=O)NC(C(=O)N1CCC(C(C)C)C1C(=O)NC(CC1CCC1)C(=O)C(N)=O)C(C)(C)C)c1ccccc1. The molecule has 1 aliphatic carbocycles. The van der Waals surface area contributed by atoms with Crippen LogP contribution in [0.25, 0.3) is 0 Å². The quantitative estimate of drug-likeness (QED) is 0.177. The Balaban J connectivity index is 0.00000197. The molecule has 1 aliphatic heterocycles. The number of Topliss-reactive ketones (excluding diaryl/α,β-unsaturated/α-hetero) is 1. The maximum Gasteiger partial charge on any atom is 0.326 e. The fourth-order valence-electron chi connectivity index (χ4n) is 6.00. The van der Waals surface area contributed by atoms with Gasteiger partial charge in [-0.05, 0) is 54.4 Å². The van der Waals surface area contributed by atoms with Gasteiger partial charge in [0.1, 0.15) is 24.7 Å². The van der Waals surface area contributed by atoms with Crippen molar-refractivity contribution in [3.05, 3.63) is 35.9 Å². The molecule has 1 saturated heterocycles. The monoisotopic (exact) mass is 685 g/mol. The Hall–Kier alpha value is -3.96. The number of esters is 1. The van der Waals surface area contributed by atoms with Crippen LogP contribution in [0.1, 0.15) is 106 Å². The summed E-state index contributed by atoms with van der Waals surface area (Å²) < 4.78 is 5.41. The molecular weight excluding hydrogens is 626 g/mol. The number of primary amides is 1. The Kier molecular flexibility index (Phi) is 15.7. The van der Waals surface area contributed by atoms with Crippen LogP contribution in [0.2, 0.25) is 0 Å². The van der Waals surface area contributed by atoms with Crippen molar-refractivity contribution in [3.63, 3.8) is 0 Å². The number of carbonyl (C=O) groups is 6. The third kappa shape index (κ3) is 12.8. The van der Waals surface area contributed by atoms with Crippen molar-refractivity contribution < 1.29 is 33.5 Å². The average Bonchev–Trinajstić information content (AvgIpc) is 3.45. The van der Waals surface area contributed by atoms with E-state index in [0.717, 1.165) is 30.7 Å². The molecule has 0 bridgehead atoms. The van der Waals surface area contributed by atoms with E-state index in [1.165, 1.54) is 4.90 Å². The zero-order valence-corrected chi connectivity index (χ0v) is 30.8. The van der Waals surface area contributed by atoms with Gasteiger partial charge in [-0.15, -0.1) is 0 Å². The summed E-state index contributed by atoms with van der Waals surface area (Å²) in [5.74, 6) is -2.72. The maximum atomic E-state index is 14.1. The molecule has 5 N–H and O–H groups in total. The summed E-state index contributed by atoms with van der Waals surface area (Å²) in [6.45, 7) is 17.4. The predicted molar refractivity (Wildman–Crippen MR) is 188 cm³/mol. The molecule has 49 heavy (non-hydrogen) atoms. The van der Waals surface area contributed by atoms with Crippen molar-refractivity contribution in [2.24, 2.45) is 34.8 Å². The van der Waals surface area contributed by atoms with Crippen LogP contribution in [-0.4, -0.2) is 71.6 Å². The molecule has 12 nitrogen and oxygen atoms in total. The number of urea groups is 1. The van der Waals surface area contributed by atoms with Gasteiger partial charge in [-0.2, -0.15) is 0 Å². The molecule has 2 fully saturated rings. The molecular formula is C37H59N5O7. The molecule has 3 rings (SSSR count). The van der Waals surface area contributed by atoms with Gasteiger partial charge in [0.05, 0.1) is 6.04 Å². The molecule has 1 aromatic carbocycles. The first-order valence-electron chi connectivity index (χ1n) is 17.6. The highest BCUT2D eigenvalue weighted by Crippen LogP contribution is 2.34. The largest absolute Gasteiger partial charge is 0.456 e. The number of nitrogens with zero attached hydrogens (tertiary/aromatic N) is 1. The van der Waals surface area contributed by atoms with Crippen LogP contribution >= 0.6 is 0 Å². The summed E-state index contributed by atoms with van der Waals surface area (Å²) in [6.07, 6.45) is 3.20. The first kappa shape index (κ1) is 41.2. The second kappa shape index (κ2) is 18.7. The number of amides is 5. The predicted octanol–water partition coefficient (Wildman–Crippen LogP) is 4.27. The second-order valence-corrected chi connectivity index (χ2v) is 15.4. The fraction of sp³-hybridized carbons (Fsp3) is 0.676. The van der Waals surface area contributed by atoms with Crippen molar-refractivity contribution >= 4 is 35.5 Å². The summed E-state index contributed by atoms with van der Waals surface area (Å²) in [5, 5.41) is 7.92. The van der Waals surface area contributed by atoms with E-state index in [9.17, 15) is 28.8 Å². The molecule has 0 aromatic heterocycles. The molecule has 5 amide bonds. The van der Waals surface area contributed by atoms with E-state index in [1.54, 1.807) is 27.7 Å². The molecule has 274 valence electrons. The van der Waals surface area contributed by atoms with Crippen molar-refractivity contribution in [3.8, 4) is 0 Å².